The van der Waals surface area contributed by atoms with Crippen LogP contribution in [0, 0.1) is 0 Å². The predicted octanol–water partition coefficient (Wildman–Crippen LogP) is -3.18. The second-order valence-corrected chi connectivity index (χ2v) is 1.76. The van der Waals surface area contributed by atoms with Gasteiger partial charge in [-0.2, -0.15) is 0 Å². The van der Waals surface area contributed by atoms with Crippen molar-refractivity contribution in [3.63, 3.8) is 0 Å². The van der Waals surface area contributed by atoms with E-state index in [1.54, 1.807) is 0 Å². The van der Waals surface area contributed by atoms with Crippen molar-refractivity contribution in [2.24, 2.45) is 0 Å². The first-order valence-corrected chi connectivity index (χ1v) is 2.97. The summed E-state index contributed by atoms with van der Waals surface area (Å²) in [5.41, 5.74) is 0. The maximum atomic E-state index is 10.1. The van der Waals surface area contributed by atoms with Crippen LogP contribution in [0.1, 0.15) is 0 Å². The Bertz CT molecular complexity index is 140. The molecule has 11 heteroatoms. The van der Waals surface area contributed by atoms with Gasteiger partial charge in [-0.3, -0.25) is 0 Å². The molecule has 0 aliphatic carbocycles. The fourth-order valence-electron chi connectivity index (χ4n) is 0.517. The molecular formula is CH3B4O7. The van der Waals surface area contributed by atoms with Gasteiger partial charge in [0.2, 0.25) is 0 Å². The lowest BCUT2D eigenvalue weighted by atomic mass is 9.86. The zero-order chi connectivity index (χ0) is 8.97. The molecule has 1 radical (unpaired) electrons. The highest BCUT2D eigenvalue weighted by atomic mass is 16.8. The summed E-state index contributed by atoms with van der Waals surface area (Å²) in [6, 6.07) is 0. The van der Waals surface area contributed by atoms with Gasteiger partial charge in [0.1, 0.15) is 6.19 Å². The molecule has 0 unspecified atom stereocenters. The second kappa shape index (κ2) is 4.65. The highest BCUT2D eigenvalue weighted by Gasteiger charge is 2.35. The van der Waals surface area contributed by atoms with Gasteiger partial charge in [-0.15, -0.1) is 0 Å². The highest BCUT2D eigenvalue weighted by Crippen LogP contribution is 1.97. The van der Waals surface area contributed by atoms with Crippen molar-refractivity contribution in [1.29, 1.82) is 0 Å². The highest BCUT2D eigenvalue weighted by molar-refractivity contribution is 6.82. The molecule has 1 aliphatic rings. The van der Waals surface area contributed by atoms with Crippen LogP contribution in [0.2, 0.25) is 0 Å². The number of rotatable bonds is 1. The van der Waals surface area contributed by atoms with Crippen LogP contribution in [0.15, 0.2) is 0 Å². The van der Waals surface area contributed by atoms with Crippen LogP contribution in [0.4, 0.5) is 0 Å². The first-order chi connectivity index (χ1) is 5.72. The third-order valence-corrected chi connectivity index (χ3v) is 0.956. The summed E-state index contributed by atoms with van der Waals surface area (Å²) in [5.74, 6) is 0. The van der Waals surface area contributed by atoms with E-state index >= 15 is 0 Å². The molecular weight excluding hydrogens is 167 g/mol. The molecule has 1 fully saturated rings. The summed E-state index contributed by atoms with van der Waals surface area (Å²) in [6.07, 6.45) is 0.227. The molecule has 0 spiro atoms. The van der Waals surface area contributed by atoms with Gasteiger partial charge >= 0.3 is 29.4 Å². The van der Waals surface area contributed by atoms with E-state index in [9.17, 15) is 4.79 Å². The van der Waals surface area contributed by atoms with Crippen LogP contribution in [-0.2, 0) is 23.1 Å². The van der Waals surface area contributed by atoms with Crippen molar-refractivity contribution in [2.75, 3.05) is 0 Å². The Morgan fingerprint density at radius 2 is 1.67 bits per heavy atom. The monoisotopic (exact) mass is 171 g/mol. The molecule has 2 N–H and O–H groups in total. The summed E-state index contributed by atoms with van der Waals surface area (Å²) >= 11 is 0. The lowest BCUT2D eigenvalue weighted by Gasteiger charge is -2.17. The van der Waals surface area contributed by atoms with Crippen molar-refractivity contribution in [1.82, 2.24) is 0 Å². The number of hydrogen-bond acceptors (Lipinski definition) is 7. The minimum absolute atomic E-state index is 0.227. The summed E-state index contributed by atoms with van der Waals surface area (Å²) in [5, 5.41) is 17.5. The van der Waals surface area contributed by atoms with Crippen LogP contribution in [-0.4, -0.2) is 45.7 Å². The zero-order valence-electron chi connectivity index (χ0n) is 5.82. The van der Waals surface area contributed by atoms with E-state index in [1.807, 2.05) is 0 Å². The minimum atomic E-state index is -1.66. The van der Waals surface area contributed by atoms with Crippen molar-refractivity contribution >= 4 is 35.6 Å². The van der Waals surface area contributed by atoms with E-state index in [2.05, 4.69) is 18.3 Å². The van der Waals surface area contributed by atoms with Gasteiger partial charge in [-0.05, 0) is 0 Å². The molecule has 0 atom stereocenters. The molecule has 12 heavy (non-hydrogen) atoms. The van der Waals surface area contributed by atoms with Gasteiger partial charge < -0.3 is 33.1 Å². The van der Waals surface area contributed by atoms with Gasteiger partial charge in [0.05, 0.1) is 0 Å². The number of hydrogen-bond donors (Lipinski definition) is 2. The topological polar surface area (TPSA) is 94.5 Å². The second-order valence-electron chi connectivity index (χ2n) is 1.76. The Hall–Kier alpha value is -0.310. The Morgan fingerprint density at radius 3 is 2.08 bits per heavy atom. The van der Waals surface area contributed by atoms with Crippen LogP contribution in [0.3, 0.4) is 0 Å². The van der Waals surface area contributed by atoms with Gasteiger partial charge in [0, 0.05) is 0 Å². The molecule has 1 aliphatic heterocycles. The Morgan fingerprint density at radius 1 is 1.17 bits per heavy atom. The van der Waals surface area contributed by atoms with Gasteiger partial charge in [0.15, 0.2) is 0 Å². The Labute approximate surface area is 69.7 Å². The molecule has 0 bridgehead atoms. The van der Waals surface area contributed by atoms with Crippen LogP contribution in [0.25, 0.3) is 0 Å². The Balaban J connectivity index is 2.44. The largest absolute Gasteiger partial charge is 0.608 e. The van der Waals surface area contributed by atoms with Crippen molar-refractivity contribution < 1.29 is 33.1 Å². The fraction of sp³-hybridized carbons (Fsp3) is 0. The van der Waals surface area contributed by atoms with E-state index in [1.165, 1.54) is 0 Å². The quantitative estimate of drug-likeness (QED) is 0.316. The zero-order valence-corrected chi connectivity index (χ0v) is 5.82. The number of carbonyl (C=O) groups is 1. The third kappa shape index (κ3) is 2.97. The summed E-state index contributed by atoms with van der Waals surface area (Å²) in [4.78, 5) is 10.1. The molecule has 0 saturated carbocycles. The maximum absolute atomic E-state index is 10.1. The minimum Gasteiger partial charge on any atom is -0.429 e. The smallest absolute Gasteiger partial charge is 0.429 e. The van der Waals surface area contributed by atoms with E-state index < -0.39 is 21.8 Å². The first-order valence-electron chi connectivity index (χ1n) is 2.97. The SMILES string of the molecule is O=CB1OB(O)O[B]OB(O)O1. The molecule has 0 aromatic rings. The lowest BCUT2D eigenvalue weighted by Crippen LogP contribution is -2.45. The van der Waals surface area contributed by atoms with Gasteiger partial charge in [0.25, 0.3) is 0 Å². The molecule has 0 aromatic carbocycles. The van der Waals surface area contributed by atoms with E-state index in [-0.39, 0.29) is 6.19 Å². The lowest BCUT2D eigenvalue weighted by molar-refractivity contribution is 0.209. The molecule has 7 nitrogen and oxygen atoms in total. The van der Waals surface area contributed by atoms with Crippen molar-refractivity contribution in [3.8, 4) is 0 Å². The summed E-state index contributed by atoms with van der Waals surface area (Å²) < 4.78 is 17.3. The molecule has 61 valence electrons. The van der Waals surface area contributed by atoms with Crippen LogP contribution in [0.5, 0.6) is 0 Å². The Kier molecular flexibility index (Phi) is 3.79. The standard InChI is InChI=1S/CH3B4O7/c6-1-3-11-4(7)9-2-10-5(8)12-3/h1,7-8H. The van der Waals surface area contributed by atoms with Gasteiger partial charge in [-0.25, -0.2) is 0 Å². The summed E-state index contributed by atoms with van der Waals surface area (Å²) in [6.45, 7) is 0. The molecule has 1 heterocycles. The number of carbonyl (C=O) groups excluding carboxylic acids is 1. The third-order valence-electron chi connectivity index (χ3n) is 0.956. The molecule has 0 amide bonds. The normalized spacial score (nSPS) is 19.7. The summed E-state index contributed by atoms with van der Waals surface area (Å²) in [7, 11) is -4.11. The average Bonchev–Trinajstić information content (AvgIpc) is 2.00. The van der Waals surface area contributed by atoms with Crippen molar-refractivity contribution in [2.45, 2.75) is 0 Å². The van der Waals surface area contributed by atoms with Crippen LogP contribution < -0.4 is 0 Å². The molecule has 1 rings (SSSR count). The van der Waals surface area contributed by atoms with E-state index in [0.717, 1.165) is 0 Å². The van der Waals surface area contributed by atoms with Crippen molar-refractivity contribution in [3.05, 3.63) is 0 Å². The van der Waals surface area contributed by atoms with E-state index in [4.69, 9.17) is 10.0 Å². The average molecular weight is 170 g/mol. The first kappa shape index (κ1) is 9.78. The predicted molar refractivity (Wildman–Crippen MR) is 38.5 cm³/mol. The molecule has 1 saturated heterocycles. The molecule has 0 aromatic heterocycles. The maximum Gasteiger partial charge on any atom is 0.608 e. The fourth-order valence-corrected chi connectivity index (χ4v) is 0.517. The van der Waals surface area contributed by atoms with Gasteiger partial charge in [-0.1, -0.05) is 0 Å². The van der Waals surface area contributed by atoms with E-state index in [0.29, 0.717) is 7.69 Å². The van der Waals surface area contributed by atoms with Crippen LogP contribution >= 0.6 is 0 Å².